The number of amides is 1. The molecule has 0 heterocycles. The number of rotatable bonds is 5. The third-order valence-corrected chi connectivity index (χ3v) is 4.86. The number of halogens is 2. The van der Waals surface area contributed by atoms with Gasteiger partial charge in [-0.2, -0.15) is 0 Å². The van der Waals surface area contributed by atoms with E-state index in [4.69, 9.17) is 16.7 Å². The largest absolute Gasteiger partial charge is 0.481 e. The van der Waals surface area contributed by atoms with Gasteiger partial charge in [-0.15, -0.1) is 0 Å². The Hall–Kier alpha value is -1.07. The second-order valence-corrected chi connectivity index (χ2v) is 6.92. The predicted octanol–water partition coefficient (Wildman–Crippen LogP) is 4.47. The van der Waals surface area contributed by atoms with Crippen molar-refractivity contribution in [2.24, 2.45) is 5.41 Å². The summed E-state index contributed by atoms with van der Waals surface area (Å²) in [6.45, 7) is 0. The number of hydrogen-bond donors (Lipinski definition) is 2. The maximum absolute atomic E-state index is 12.3. The Labute approximate surface area is 137 Å². The van der Waals surface area contributed by atoms with Gasteiger partial charge in [0.15, 0.2) is 0 Å². The fourth-order valence-electron chi connectivity index (χ4n) is 2.99. The molecule has 0 atom stereocenters. The molecule has 2 rings (SSSR count). The zero-order valence-corrected chi connectivity index (χ0v) is 13.8. The van der Waals surface area contributed by atoms with E-state index in [0.717, 1.165) is 30.2 Å². The van der Waals surface area contributed by atoms with Gasteiger partial charge in [0.2, 0.25) is 5.91 Å². The van der Waals surface area contributed by atoms with Crippen LogP contribution in [0, 0.1) is 5.41 Å². The zero-order valence-electron chi connectivity index (χ0n) is 11.5. The summed E-state index contributed by atoms with van der Waals surface area (Å²) in [6.07, 6.45) is 3.85. The summed E-state index contributed by atoms with van der Waals surface area (Å²) in [4.78, 5) is 23.3. The minimum atomic E-state index is -0.839. The highest BCUT2D eigenvalue weighted by atomic mass is 79.9. The molecule has 21 heavy (non-hydrogen) atoms. The number of carbonyl (C=O) groups is 2. The molecule has 0 aliphatic heterocycles. The van der Waals surface area contributed by atoms with Gasteiger partial charge in [0.05, 0.1) is 12.1 Å². The Kier molecular flexibility index (Phi) is 5.27. The average molecular weight is 375 g/mol. The van der Waals surface area contributed by atoms with Gasteiger partial charge >= 0.3 is 5.97 Å². The molecule has 1 amide bonds. The summed E-state index contributed by atoms with van der Waals surface area (Å²) in [5.41, 5.74) is 0.206. The molecule has 4 nitrogen and oxygen atoms in total. The number of anilines is 1. The van der Waals surface area contributed by atoms with E-state index >= 15 is 0 Å². The molecule has 1 aromatic rings. The first-order valence-electron chi connectivity index (χ1n) is 6.87. The Morgan fingerprint density at radius 3 is 2.57 bits per heavy atom. The van der Waals surface area contributed by atoms with Gasteiger partial charge in [0.25, 0.3) is 0 Å². The summed E-state index contributed by atoms with van der Waals surface area (Å²) >= 11 is 9.27. The number of carboxylic acid groups (broad SMARTS) is 1. The maximum Gasteiger partial charge on any atom is 0.303 e. The van der Waals surface area contributed by atoms with E-state index in [2.05, 4.69) is 21.2 Å². The topological polar surface area (TPSA) is 66.4 Å². The lowest BCUT2D eigenvalue weighted by molar-refractivity contribution is -0.140. The van der Waals surface area contributed by atoms with Crippen molar-refractivity contribution in [2.75, 3.05) is 5.32 Å². The summed E-state index contributed by atoms with van der Waals surface area (Å²) in [5, 5.41) is 12.4. The number of nitrogens with one attached hydrogen (secondary N) is 1. The molecule has 0 saturated heterocycles. The monoisotopic (exact) mass is 373 g/mol. The van der Waals surface area contributed by atoms with E-state index in [1.807, 2.05) is 0 Å². The van der Waals surface area contributed by atoms with E-state index < -0.39 is 11.4 Å². The van der Waals surface area contributed by atoms with Crippen molar-refractivity contribution < 1.29 is 14.7 Å². The minimum Gasteiger partial charge on any atom is -0.481 e. The molecule has 0 aromatic heterocycles. The Bertz CT molecular complexity index is 556. The number of hydrogen-bond acceptors (Lipinski definition) is 2. The Morgan fingerprint density at radius 1 is 1.29 bits per heavy atom. The normalized spacial score (nSPS) is 16.7. The zero-order chi connectivity index (χ0) is 15.5. The van der Waals surface area contributed by atoms with Crippen molar-refractivity contribution in [3.8, 4) is 0 Å². The van der Waals surface area contributed by atoms with Gasteiger partial charge in [-0.1, -0.05) is 24.4 Å². The highest BCUT2D eigenvalue weighted by Gasteiger charge is 2.38. The second kappa shape index (κ2) is 6.79. The van der Waals surface area contributed by atoms with Crippen molar-refractivity contribution in [3.05, 3.63) is 27.7 Å². The lowest BCUT2D eigenvalue weighted by Gasteiger charge is -2.26. The standard InChI is InChI=1S/C15H17BrClNO3/c16-11-4-3-10(17)7-12(11)18-13(19)8-15(9-14(20)21)5-1-2-6-15/h3-4,7H,1-2,5-6,8-9H2,(H,18,19)(H,20,21). The van der Waals surface area contributed by atoms with Gasteiger partial charge in [0.1, 0.15) is 0 Å². The second-order valence-electron chi connectivity index (χ2n) is 5.63. The van der Waals surface area contributed by atoms with E-state index in [9.17, 15) is 9.59 Å². The van der Waals surface area contributed by atoms with Crippen LogP contribution in [0.3, 0.4) is 0 Å². The van der Waals surface area contributed by atoms with Crippen LogP contribution in [0.4, 0.5) is 5.69 Å². The van der Waals surface area contributed by atoms with Crippen molar-refractivity contribution in [1.82, 2.24) is 0 Å². The van der Waals surface area contributed by atoms with Crippen LogP contribution >= 0.6 is 27.5 Å². The molecule has 0 unspecified atom stereocenters. The molecule has 114 valence electrons. The van der Waals surface area contributed by atoms with Crippen LogP contribution in [0.15, 0.2) is 22.7 Å². The predicted molar refractivity (Wildman–Crippen MR) is 85.6 cm³/mol. The molecule has 1 fully saturated rings. The van der Waals surface area contributed by atoms with Gasteiger partial charge < -0.3 is 10.4 Å². The van der Waals surface area contributed by atoms with Crippen molar-refractivity contribution in [1.29, 1.82) is 0 Å². The molecular formula is C15H17BrClNO3. The Morgan fingerprint density at radius 2 is 1.95 bits per heavy atom. The third kappa shape index (κ3) is 4.45. The van der Waals surface area contributed by atoms with E-state index in [-0.39, 0.29) is 18.7 Å². The van der Waals surface area contributed by atoms with Crippen LogP contribution in [0.5, 0.6) is 0 Å². The number of aliphatic carboxylic acids is 1. The summed E-state index contributed by atoms with van der Waals surface area (Å²) in [5.74, 6) is -1.00. The molecule has 0 spiro atoms. The van der Waals surface area contributed by atoms with Crippen LogP contribution in [-0.2, 0) is 9.59 Å². The summed E-state index contributed by atoms with van der Waals surface area (Å²) in [6, 6.07) is 5.16. The molecule has 0 radical (unpaired) electrons. The Balaban J connectivity index is 2.06. The van der Waals surface area contributed by atoms with Crippen LogP contribution in [0.2, 0.25) is 5.02 Å². The van der Waals surface area contributed by atoms with Gasteiger partial charge in [-0.3, -0.25) is 9.59 Å². The molecule has 1 aliphatic carbocycles. The molecule has 0 bridgehead atoms. The maximum atomic E-state index is 12.3. The van der Waals surface area contributed by atoms with Crippen molar-refractivity contribution in [3.63, 3.8) is 0 Å². The SMILES string of the molecule is O=C(O)CC1(CC(=O)Nc2cc(Cl)ccc2Br)CCCC1. The lowest BCUT2D eigenvalue weighted by atomic mass is 9.79. The van der Waals surface area contributed by atoms with Crippen molar-refractivity contribution in [2.45, 2.75) is 38.5 Å². The number of carbonyl (C=O) groups excluding carboxylic acids is 1. The lowest BCUT2D eigenvalue weighted by Crippen LogP contribution is -2.27. The summed E-state index contributed by atoms with van der Waals surface area (Å²) in [7, 11) is 0. The first-order chi connectivity index (χ1) is 9.90. The summed E-state index contributed by atoms with van der Waals surface area (Å²) < 4.78 is 0.749. The molecule has 2 N–H and O–H groups in total. The van der Waals surface area contributed by atoms with Crippen LogP contribution in [-0.4, -0.2) is 17.0 Å². The molecule has 1 aliphatic rings. The van der Waals surface area contributed by atoms with Gasteiger partial charge in [-0.25, -0.2) is 0 Å². The fourth-order valence-corrected chi connectivity index (χ4v) is 3.51. The first kappa shape index (κ1) is 16.3. The highest BCUT2D eigenvalue weighted by molar-refractivity contribution is 9.10. The fraction of sp³-hybridized carbons (Fsp3) is 0.467. The van der Waals surface area contributed by atoms with Crippen molar-refractivity contribution >= 4 is 45.1 Å². The molecule has 6 heteroatoms. The van der Waals surface area contributed by atoms with Gasteiger partial charge in [0, 0.05) is 15.9 Å². The van der Waals surface area contributed by atoms with E-state index in [1.165, 1.54) is 0 Å². The average Bonchev–Trinajstić information content (AvgIpc) is 2.80. The first-order valence-corrected chi connectivity index (χ1v) is 8.04. The highest BCUT2D eigenvalue weighted by Crippen LogP contribution is 2.44. The van der Waals surface area contributed by atoms with Crippen LogP contribution < -0.4 is 5.32 Å². The molecule has 1 saturated carbocycles. The van der Waals surface area contributed by atoms with Crippen LogP contribution in [0.25, 0.3) is 0 Å². The number of carboxylic acids is 1. The molecule has 1 aromatic carbocycles. The molecular weight excluding hydrogens is 358 g/mol. The minimum absolute atomic E-state index is 0.0527. The van der Waals surface area contributed by atoms with Crippen LogP contribution in [0.1, 0.15) is 38.5 Å². The van der Waals surface area contributed by atoms with Gasteiger partial charge in [-0.05, 0) is 52.4 Å². The smallest absolute Gasteiger partial charge is 0.303 e. The third-order valence-electron chi connectivity index (χ3n) is 3.93. The quantitative estimate of drug-likeness (QED) is 0.799. The van der Waals surface area contributed by atoms with E-state index in [1.54, 1.807) is 18.2 Å². The number of benzene rings is 1. The van der Waals surface area contributed by atoms with E-state index in [0.29, 0.717) is 10.7 Å².